The van der Waals surface area contributed by atoms with Gasteiger partial charge in [0.2, 0.25) is 0 Å². The zero-order chi connectivity index (χ0) is 38.1. The van der Waals surface area contributed by atoms with Gasteiger partial charge in [-0.3, -0.25) is 15.0 Å². The van der Waals surface area contributed by atoms with E-state index in [1.54, 1.807) is 18.5 Å². The summed E-state index contributed by atoms with van der Waals surface area (Å²) in [6, 6.07) is 20.6. The maximum Gasteiger partial charge on any atom is 0.142 e. The Labute approximate surface area is 328 Å². The molecule has 3 aromatic carbocycles. The first kappa shape index (κ1) is 38.4. The Morgan fingerprint density at radius 1 is 0.891 bits per heavy atom. The first-order valence-corrected chi connectivity index (χ1v) is 19.6. The minimum Gasteiger partial charge on any atom is -0.493 e. The summed E-state index contributed by atoms with van der Waals surface area (Å²) in [7, 11) is 0. The molecule has 286 valence electrons. The highest BCUT2D eigenvalue weighted by Gasteiger charge is 2.26. The molecule has 2 aliphatic heterocycles. The lowest BCUT2D eigenvalue weighted by atomic mass is 9.93. The van der Waals surface area contributed by atoms with Gasteiger partial charge in [0.05, 0.1) is 29.5 Å². The van der Waals surface area contributed by atoms with Gasteiger partial charge < -0.3 is 24.2 Å². The van der Waals surface area contributed by atoms with Crippen LogP contribution in [0, 0.1) is 25.2 Å². The molecule has 11 heteroatoms. The van der Waals surface area contributed by atoms with Crippen molar-refractivity contribution in [3.05, 3.63) is 123 Å². The number of hydrogen-bond acceptors (Lipinski definition) is 9. The molecule has 2 saturated heterocycles. The number of H-pyrrole nitrogens is 1. The average Bonchev–Trinajstić information content (AvgIpc) is 3.89. The minimum atomic E-state index is -0.201. The summed E-state index contributed by atoms with van der Waals surface area (Å²) < 4.78 is 19.2. The predicted octanol–water partition coefficient (Wildman–Crippen LogP) is 8.33. The Bertz CT molecular complexity index is 2100. The normalized spacial score (nSPS) is 17.6. The third kappa shape index (κ3) is 9.49. The zero-order valence-corrected chi connectivity index (χ0v) is 32.4. The summed E-state index contributed by atoms with van der Waals surface area (Å²) in [6.45, 7) is 9.66. The first-order valence-electron chi connectivity index (χ1n) is 19.2. The summed E-state index contributed by atoms with van der Waals surface area (Å²) in [5.41, 5.74) is 8.95. The van der Waals surface area contributed by atoms with Crippen molar-refractivity contribution in [2.75, 3.05) is 32.8 Å². The highest BCUT2D eigenvalue weighted by molar-refractivity contribution is 6.32. The van der Waals surface area contributed by atoms with Crippen molar-refractivity contribution in [3.8, 4) is 34.4 Å². The number of nitriles is 1. The van der Waals surface area contributed by atoms with E-state index in [2.05, 4.69) is 69.2 Å². The van der Waals surface area contributed by atoms with Crippen LogP contribution < -0.4 is 14.2 Å². The summed E-state index contributed by atoms with van der Waals surface area (Å²) in [5, 5.41) is 26.9. The smallest absolute Gasteiger partial charge is 0.142 e. The van der Waals surface area contributed by atoms with Gasteiger partial charge in [-0.15, -0.1) is 0 Å². The van der Waals surface area contributed by atoms with Crippen molar-refractivity contribution < 1.29 is 19.3 Å². The molecular formula is C44H49ClN6O4. The molecule has 2 aliphatic rings. The van der Waals surface area contributed by atoms with Crippen LogP contribution >= 0.6 is 11.6 Å². The molecule has 55 heavy (non-hydrogen) atoms. The van der Waals surface area contributed by atoms with Gasteiger partial charge in [-0.1, -0.05) is 48.4 Å². The summed E-state index contributed by atoms with van der Waals surface area (Å²) in [4.78, 5) is 8.97. The van der Waals surface area contributed by atoms with Crippen LogP contribution in [0.4, 0.5) is 0 Å². The second kappa shape index (κ2) is 18.1. The van der Waals surface area contributed by atoms with Gasteiger partial charge in [0.15, 0.2) is 0 Å². The van der Waals surface area contributed by atoms with Crippen LogP contribution in [0.25, 0.3) is 11.1 Å². The number of aromatic amines is 1. The number of aliphatic hydroxyl groups excluding tert-OH is 1. The van der Waals surface area contributed by atoms with Crippen LogP contribution in [0.1, 0.15) is 77.1 Å². The van der Waals surface area contributed by atoms with Crippen LogP contribution in [0.3, 0.4) is 0 Å². The molecule has 0 amide bonds. The molecule has 2 atom stereocenters. The summed E-state index contributed by atoms with van der Waals surface area (Å²) >= 11 is 6.99. The molecule has 10 nitrogen and oxygen atoms in total. The van der Waals surface area contributed by atoms with Crippen molar-refractivity contribution >= 4 is 11.6 Å². The van der Waals surface area contributed by atoms with Crippen LogP contribution in [0.5, 0.6) is 17.2 Å². The van der Waals surface area contributed by atoms with E-state index in [4.69, 9.17) is 25.8 Å². The monoisotopic (exact) mass is 760 g/mol. The first-order chi connectivity index (χ1) is 26.9. The number of nitrogens with zero attached hydrogens (tertiary/aromatic N) is 5. The number of pyridine rings is 1. The van der Waals surface area contributed by atoms with E-state index >= 15 is 0 Å². The van der Waals surface area contributed by atoms with Gasteiger partial charge >= 0.3 is 0 Å². The van der Waals surface area contributed by atoms with E-state index in [1.807, 2.05) is 36.7 Å². The topological polar surface area (TPSA) is 120 Å². The van der Waals surface area contributed by atoms with Crippen LogP contribution in [-0.2, 0) is 19.8 Å². The molecule has 0 aliphatic carbocycles. The van der Waals surface area contributed by atoms with E-state index < -0.39 is 0 Å². The maximum absolute atomic E-state index is 9.82. The number of benzene rings is 3. The molecular weight excluding hydrogens is 712 g/mol. The molecule has 0 bridgehead atoms. The quantitative estimate of drug-likeness (QED) is 0.102. The molecule has 4 heterocycles. The van der Waals surface area contributed by atoms with Gasteiger partial charge in [0.1, 0.15) is 36.5 Å². The molecule has 2 fully saturated rings. The fourth-order valence-electron chi connectivity index (χ4n) is 7.79. The van der Waals surface area contributed by atoms with E-state index in [0.29, 0.717) is 41.8 Å². The van der Waals surface area contributed by atoms with Crippen molar-refractivity contribution in [1.29, 1.82) is 5.26 Å². The molecule has 1 unspecified atom stereocenters. The van der Waals surface area contributed by atoms with E-state index in [0.717, 1.165) is 103 Å². The van der Waals surface area contributed by atoms with Crippen molar-refractivity contribution in [3.63, 3.8) is 0 Å². The lowest BCUT2D eigenvalue weighted by molar-refractivity contribution is 0.138. The number of aliphatic hydroxyl groups is 1. The Morgan fingerprint density at radius 2 is 1.73 bits per heavy atom. The Morgan fingerprint density at radius 3 is 2.53 bits per heavy atom. The summed E-state index contributed by atoms with van der Waals surface area (Å²) in [6.07, 6.45) is 12.0. The van der Waals surface area contributed by atoms with E-state index in [1.165, 1.54) is 5.56 Å². The number of nitrogens with one attached hydrogen (secondary N) is 1. The van der Waals surface area contributed by atoms with Crippen LogP contribution in [0.15, 0.2) is 79.4 Å². The number of hydrogen-bond donors (Lipinski definition) is 2. The molecule has 7 rings (SSSR count). The van der Waals surface area contributed by atoms with Crippen molar-refractivity contribution in [2.45, 2.75) is 77.9 Å². The molecule has 2 aromatic heterocycles. The number of rotatable bonds is 15. The Kier molecular flexibility index (Phi) is 12.7. The van der Waals surface area contributed by atoms with Crippen molar-refractivity contribution in [2.24, 2.45) is 0 Å². The molecule has 2 N–H and O–H groups in total. The zero-order valence-electron chi connectivity index (χ0n) is 31.6. The number of likely N-dealkylation sites (tertiary alicyclic amines) is 2. The van der Waals surface area contributed by atoms with Gasteiger partial charge in [0.25, 0.3) is 0 Å². The fraction of sp³-hybridized carbons (Fsp3) is 0.386. The second-order valence-electron chi connectivity index (χ2n) is 14.6. The third-order valence-corrected chi connectivity index (χ3v) is 11.1. The van der Waals surface area contributed by atoms with Gasteiger partial charge in [-0.25, -0.2) is 0 Å². The lowest BCUT2D eigenvalue weighted by Gasteiger charge is -2.35. The number of halogens is 1. The van der Waals surface area contributed by atoms with E-state index in [-0.39, 0.29) is 18.8 Å². The molecule has 5 aromatic rings. The number of ether oxygens (including phenoxy) is 3. The van der Waals surface area contributed by atoms with Crippen molar-refractivity contribution in [1.82, 2.24) is 25.0 Å². The number of aromatic nitrogens is 3. The van der Waals surface area contributed by atoms with Gasteiger partial charge in [-0.05, 0) is 92.1 Å². The highest BCUT2D eigenvalue weighted by atomic mass is 35.5. The second-order valence-corrected chi connectivity index (χ2v) is 15.0. The summed E-state index contributed by atoms with van der Waals surface area (Å²) in [5.74, 6) is 2.10. The average molecular weight is 761 g/mol. The van der Waals surface area contributed by atoms with Gasteiger partial charge in [0, 0.05) is 73.6 Å². The van der Waals surface area contributed by atoms with E-state index in [9.17, 15) is 10.4 Å². The minimum absolute atomic E-state index is 0.201. The number of piperidine rings is 1. The SMILES string of the molecule is Cc1c(COc2cc(OCc3cncc(C#N)c3)c(CN3CCCCC3c3cn[nH]c3)cc2Cl)cccc1-c1cccc(OCCCN2CC[C@@H](O)C2)c1C. The molecule has 0 spiro atoms. The maximum atomic E-state index is 9.82. The Hall–Kier alpha value is -4.92. The molecule has 0 radical (unpaired) electrons. The highest BCUT2D eigenvalue weighted by Crippen LogP contribution is 2.39. The van der Waals surface area contributed by atoms with Gasteiger partial charge in [-0.2, -0.15) is 10.4 Å². The van der Waals surface area contributed by atoms with Crippen LogP contribution in [0.2, 0.25) is 5.02 Å². The lowest BCUT2D eigenvalue weighted by Crippen LogP contribution is -2.32. The fourth-order valence-corrected chi connectivity index (χ4v) is 8.03. The number of β-amino-alcohol motifs (C(OH)–C–C–N with tert-alkyl or cyclic N) is 1. The Balaban J connectivity index is 1.08. The largest absolute Gasteiger partial charge is 0.493 e. The van der Waals surface area contributed by atoms with Crippen LogP contribution in [-0.4, -0.2) is 69.0 Å². The third-order valence-electron chi connectivity index (χ3n) is 10.9. The standard InChI is InChI=1S/C44H49ClN6O4/c1-30-34(8-5-9-38(30)39-10-6-12-42(31(39)2)53-17-7-14-50-16-13-37(52)27-50)29-55-44-20-43(54-28-33-18-32(21-46)22-47-23-33)35(19-40(44)45)26-51-15-4-3-11-41(51)36-24-48-49-25-36/h5-6,8-10,12,18-20,22-25,37,41,52H,3-4,7,11,13-17,26-29H2,1-2H3,(H,48,49)/t37-,41?/m1/s1. The molecule has 0 saturated carbocycles. The predicted molar refractivity (Wildman–Crippen MR) is 213 cm³/mol.